The van der Waals surface area contributed by atoms with Crippen LogP contribution in [-0.4, -0.2) is 23.9 Å². The molecule has 0 fully saturated rings. The Morgan fingerprint density at radius 1 is 1.50 bits per heavy atom. The van der Waals surface area contributed by atoms with E-state index in [4.69, 9.17) is 9.84 Å². The highest BCUT2D eigenvalue weighted by Crippen LogP contribution is 2.23. The number of hydrogen-bond donors (Lipinski definition) is 2. The highest BCUT2D eigenvalue weighted by molar-refractivity contribution is 5.31. The molecular weight excluding hydrogens is 187 g/mol. The van der Waals surface area contributed by atoms with Gasteiger partial charge in [0, 0.05) is 13.0 Å². The van der Waals surface area contributed by atoms with Crippen molar-refractivity contribution in [3.63, 3.8) is 0 Å². The molecule has 0 aliphatic carbocycles. The Labute approximate surface area is 81.8 Å². The Morgan fingerprint density at radius 2 is 2.21 bits per heavy atom. The fourth-order valence-corrected chi connectivity index (χ4v) is 1.17. The molecule has 14 heavy (non-hydrogen) atoms. The lowest BCUT2D eigenvalue weighted by molar-refractivity contribution is 0.134. The third kappa shape index (κ3) is 2.43. The largest absolute Gasteiger partial charge is 0.494 e. The Kier molecular flexibility index (Phi) is 3.85. The number of rotatable bonds is 4. The number of benzene rings is 1. The fraction of sp³-hybridized carbons (Fsp3) is 0.400. The number of methoxy groups -OCH3 is 1. The van der Waals surface area contributed by atoms with Crippen molar-refractivity contribution in [1.29, 1.82) is 0 Å². The summed E-state index contributed by atoms with van der Waals surface area (Å²) >= 11 is 0. The smallest absolute Gasteiger partial charge is 0.165 e. The summed E-state index contributed by atoms with van der Waals surface area (Å²) < 4.78 is 17.7. The van der Waals surface area contributed by atoms with Gasteiger partial charge in [0.05, 0.1) is 13.2 Å². The van der Waals surface area contributed by atoms with Gasteiger partial charge in [-0.15, -0.1) is 0 Å². The van der Waals surface area contributed by atoms with Crippen molar-refractivity contribution in [2.75, 3.05) is 13.7 Å². The molecule has 0 spiro atoms. The first-order chi connectivity index (χ1) is 6.69. The highest BCUT2D eigenvalue weighted by Gasteiger charge is 2.10. The van der Waals surface area contributed by atoms with E-state index in [1.54, 1.807) is 0 Å². The van der Waals surface area contributed by atoms with Crippen molar-refractivity contribution in [2.24, 2.45) is 0 Å². The molecule has 3 nitrogen and oxygen atoms in total. The molecule has 1 unspecified atom stereocenters. The molecule has 0 saturated heterocycles. The zero-order chi connectivity index (χ0) is 10.6. The third-order valence-electron chi connectivity index (χ3n) is 1.96. The van der Waals surface area contributed by atoms with Crippen LogP contribution in [0.25, 0.3) is 0 Å². The summed E-state index contributed by atoms with van der Waals surface area (Å²) in [6, 6.07) is 4.13. The predicted molar refractivity (Wildman–Crippen MR) is 49.6 cm³/mol. The second-order valence-corrected chi connectivity index (χ2v) is 2.92. The van der Waals surface area contributed by atoms with E-state index >= 15 is 0 Å². The molecule has 0 radical (unpaired) electrons. The normalized spacial score (nSPS) is 12.6. The van der Waals surface area contributed by atoms with E-state index in [0.717, 1.165) is 0 Å². The fourth-order valence-electron chi connectivity index (χ4n) is 1.17. The maximum absolute atomic E-state index is 13.0. The Balaban J connectivity index is 2.88. The number of halogens is 1. The first-order valence-corrected chi connectivity index (χ1v) is 4.31. The molecule has 0 saturated carbocycles. The van der Waals surface area contributed by atoms with Crippen LogP contribution in [0.3, 0.4) is 0 Å². The van der Waals surface area contributed by atoms with E-state index in [1.807, 2.05) is 0 Å². The van der Waals surface area contributed by atoms with Crippen molar-refractivity contribution < 1.29 is 19.3 Å². The first kappa shape index (κ1) is 10.9. The summed E-state index contributed by atoms with van der Waals surface area (Å²) in [6.45, 7) is -0.110. The van der Waals surface area contributed by atoms with Gasteiger partial charge in [-0.2, -0.15) is 0 Å². The molecule has 1 rings (SSSR count). The van der Waals surface area contributed by atoms with E-state index in [-0.39, 0.29) is 18.8 Å². The van der Waals surface area contributed by atoms with Crippen molar-refractivity contribution >= 4 is 0 Å². The van der Waals surface area contributed by atoms with Gasteiger partial charge in [-0.3, -0.25) is 0 Å². The average molecular weight is 200 g/mol. The van der Waals surface area contributed by atoms with Gasteiger partial charge in [-0.1, -0.05) is 6.07 Å². The van der Waals surface area contributed by atoms with Crippen LogP contribution in [0, 0.1) is 5.82 Å². The van der Waals surface area contributed by atoms with Gasteiger partial charge >= 0.3 is 0 Å². The molecule has 0 heterocycles. The zero-order valence-electron chi connectivity index (χ0n) is 7.90. The van der Waals surface area contributed by atoms with Crippen molar-refractivity contribution in [3.05, 3.63) is 29.6 Å². The van der Waals surface area contributed by atoms with Crippen LogP contribution in [0.1, 0.15) is 18.1 Å². The quantitative estimate of drug-likeness (QED) is 0.769. The summed E-state index contributed by atoms with van der Waals surface area (Å²) in [4.78, 5) is 0. The van der Waals surface area contributed by atoms with Crippen LogP contribution < -0.4 is 4.74 Å². The summed E-state index contributed by atoms with van der Waals surface area (Å²) in [6.07, 6.45) is -0.552. The molecule has 4 heteroatoms. The van der Waals surface area contributed by atoms with Gasteiger partial charge in [0.2, 0.25) is 0 Å². The predicted octanol–water partition coefficient (Wildman–Crippen LogP) is 1.25. The lowest BCUT2D eigenvalue weighted by Crippen LogP contribution is -2.01. The molecule has 2 N–H and O–H groups in total. The Bertz CT molecular complexity index is 301. The highest BCUT2D eigenvalue weighted by atomic mass is 19.1. The molecule has 0 aliphatic rings. The maximum atomic E-state index is 13.0. The van der Waals surface area contributed by atoms with Crippen LogP contribution in [0.5, 0.6) is 5.75 Å². The lowest BCUT2D eigenvalue weighted by atomic mass is 10.1. The van der Waals surface area contributed by atoms with Crippen LogP contribution in [-0.2, 0) is 0 Å². The van der Waals surface area contributed by atoms with E-state index in [0.29, 0.717) is 5.56 Å². The van der Waals surface area contributed by atoms with Crippen molar-refractivity contribution in [2.45, 2.75) is 12.5 Å². The van der Waals surface area contributed by atoms with Gasteiger partial charge < -0.3 is 14.9 Å². The van der Waals surface area contributed by atoms with Crippen LogP contribution in [0.4, 0.5) is 4.39 Å². The molecule has 0 bridgehead atoms. The van der Waals surface area contributed by atoms with E-state index in [9.17, 15) is 9.50 Å². The first-order valence-electron chi connectivity index (χ1n) is 4.31. The molecule has 1 aromatic rings. The maximum Gasteiger partial charge on any atom is 0.165 e. The van der Waals surface area contributed by atoms with Crippen LogP contribution >= 0.6 is 0 Å². The van der Waals surface area contributed by atoms with Gasteiger partial charge in [-0.05, 0) is 17.7 Å². The molecule has 78 valence electrons. The summed E-state index contributed by atoms with van der Waals surface area (Å²) in [5.41, 5.74) is 0.539. The van der Waals surface area contributed by atoms with E-state index < -0.39 is 11.9 Å². The van der Waals surface area contributed by atoms with Gasteiger partial charge in [0.15, 0.2) is 11.6 Å². The molecule has 1 aromatic carbocycles. The second kappa shape index (κ2) is 4.93. The van der Waals surface area contributed by atoms with Crippen LogP contribution in [0.15, 0.2) is 18.2 Å². The van der Waals surface area contributed by atoms with E-state index in [1.165, 1.54) is 25.3 Å². The topological polar surface area (TPSA) is 49.7 Å². The molecule has 1 atom stereocenters. The van der Waals surface area contributed by atoms with Gasteiger partial charge in [0.1, 0.15) is 0 Å². The van der Waals surface area contributed by atoms with Crippen molar-refractivity contribution in [1.82, 2.24) is 0 Å². The van der Waals surface area contributed by atoms with Gasteiger partial charge in [0.25, 0.3) is 0 Å². The molecular formula is C10H13FO3. The molecule has 0 aliphatic heterocycles. The number of aliphatic hydroxyl groups is 2. The Morgan fingerprint density at radius 3 is 2.79 bits per heavy atom. The molecule has 0 amide bonds. The summed E-state index contributed by atoms with van der Waals surface area (Å²) in [7, 11) is 1.36. The number of ether oxygens (including phenoxy) is 1. The zero-order valence-corrected chi connectivity index (χ0v) is 7.90. The standard InChI is InChI=1S/C10H13FO3/c1-14-10-6-7(2-3-8(10)11)9(13)4-5-12/h2-3,6,9,12-13H,4-5H2,1H3. The SMILES string of the molecule is COc1cc(C(O)CCO)ccc1F. The van der Waals surface area contributed by atoms with E-state index in [2.05, 4.69) is 0 Å². The minimum atomic E-state index is -0.783. The van der Waals surface area contributed by atoms with Crippen LogP contribution in [0.2, 0.25) is 0 Å². The lowest BCUT2D eigenvalue weighted by Gasteiger charge is -2.10. The second-order valence-electron chi connectivity index (χ2n) is 2.92. The monoisotopic (exact) mass is 200 g/mol. The van der Waals surface area contributed by atoms with Gasteiger partial charge in [-0.25, -0.2) is 4.39 Å². The molecule has 0 aromatic heterocycles. The number of aliphatic hydroxyl groups excluding tert-OH is 2. The summed E-state index contributed by atoms with van der Waals surface area (Å²) in [5, 5.41) is 18.1. The number of hydrogen-bond acceptors (Lipinski definition) is 3. The minimum absolute atomic E-state index is 0.0967. The van der Waals surface area contributed by atoms with Crippen molar-refractivity contribution in [3.8, 4) is 5.75 Å². The minimum Gasteiger partial charge on any atom is -0.494 e. The Hall–Kier alpha value is -1.13. The average Bonchev–Trinajstić information content (AvgIpc) is 2.19. The summed E-state index contributed by atoms with van der Waals surface area (Å²) in [5.74, 6) is -0.369. The third-order valence-corrected chi connectivity index (χ3v) is 1.96.